The van der Waals surface area contributed by atoms with E-state index in [1.807, 2.05) is 0 Å². The lowest BCUT2D eigenvalue weighted by Crippen LogP contribution is -2.39. The molecule has 1 fully saturated rings. The maximum atomic E-state index is 14.1. The summed E-state index contributed by atoms with van der Waals surface area (Å²) in [7, 11) is 0. The number of phenolic OH excluding ortho intramolecular Hbond substituents is 1. The lowest BCUT2D eigenvalue weighted by Gasteiger charge is -2.30. The van der Waals surface area contributed by atoms with Crippen molar-refractivity contribution in [1.29, 1.82) is 0 Å². The largest absolute Gasteiger partial charge is 0.508 e. The van der Waals surface area contributed by atoms with E-state index in [2.05, 4.69) is 5.32 Å². The first kappa shape index (κ1) is 11.3. The van der Waals surface area contributed by atoms with Crippen LogP contribution in [0.15, 0.2) is 24.3 Å². The summed E-state index contributed by atoms with van der Waals surface area (Å²) in [6.07, 6.45) is 1.30. The zero-order chi connectivity index (χ0) is 11.6. The summed E-state index contributed by atoms with van der Waals surface area (Å²) in [5.74, 6) is -3.66. The first-order chi connectivity index (χ1) is 7.60. The van der Waals surface area contributed by atoms with E-state index < -0.39 is 11.8 Å². The topological polar surface area (TPSA) is 32.3 Å². The number of hydrogen-bond acceptors (Lipinski definition) is 2. The molecule has 0 amide bonds. The molecule has 0 aliphatic carbocycles. The minimum atomic E-state index is -2.87. The number of halogens is 2. The number of phenols is 1. The first-order valence-electron chi connectivity index (χ1n) is 5.49. The first-order valence-corrected chi connectivity index (χ1v) is 5.49. The van der Waals surface area contributed by atoms with Gasteiger partial charge in [-0.25, -0.2) is 8.78 Å². The van der Waals surface area contributed by atoms with Crippen LogP contribution in [-0.2, 0) is 5.92 Å². The highest BCUT2D eigenvalue weighted by atomic mass is 19.3. The number of rotatable bonds is 2. The molecule has 0 radical (unpaired) electrons. The fourth-order valence-electron chi connectivity index (χ4n) is 2.11. The Morgan fingerprint density at radius 3 is 2.81 bits per heavy atom. The summed E-state index contributed by atoms with van der Waals surface area (Å²) in [5.41, 5.74) is -0.0961. The molecule has 1 atom stereocenters. The molecule has 1 unspecified atom stereocenters. The van der Waals surface area contributed by atoms with Gasteiger partial charge < -0.3 is 10.4 Å². The van der Waals surface area contributed by atoms with Crippen molar-refractivity contribution in [3.05, 3.63) is 29.8 Å². The van der Waals surface area contributed by atoms with E-state index in [0.29, 0.717) is 13.0 Å². The van der Waals surface area contributed by atoms with Gasteiger partial charge in [-0.05, 0) is 31.5 Å². The van der Waals surface area contributed by atoms with Crippen LogP contribution >= 0.6 is 0 Å². The van der Waals surface area contributed by atoms with Gasteiger partial charge in [0, 0.05) is 18.0 Å². The van der Waals surface area contributed by atoms with Crippen molar-refractivity contribution in [3.8, 4) is 5.75 Å². The number of piperidine rings is 1. The van der Waals surface area contributed by atoms with E-state index in [9.17, 15) is 13.9 Å². The fraction of sp³-hybridized carbons (Fsp3) is 0.500. The van der Waals surface area contributed by atoms with Gasteiger partial charge in [0.05, 0.1) is 0 Å². The Kier molecular flexibility index (Phi) is 3.10. The minimum Gasteiger partial charge on any atom is -0.508 e. The van der Waals surface area contributed by atoms with Gasteiger partial charge in [-0.3, -0.25) is 0 Å². The van der Waals surface area contributed by atoms with Crippen molar-refractivity contribution in [2.75, 3.05) is 13.1 Å². The average Bonchev–Trinajstić information content (AvgIpc) is 2.30. The van der Waals surface area contributed by atoms with Crippen LogP contribution in [0.2, 0.25) is 0 Å². The summed E-state index contributed by atoms with van der Waals surface area (Å²) in [6.45, 7) is 1.15. The smallest absolute Gasteiger partial charge is 0.277 e. The van der Waals surface area contributed by atoms with Gasteiger partial charge in [0.15, 0.2) is 0 Å². The molecule has 88 valence electrons. The van der Waals surface area contributed by atoms with E-state index >= 15 is 0 Å². The summed E-state index contributed by atoms with van der Waals surface area (Å²) in [4.78, 5) is 0. The molecule has 0 aromatic heterocycles. The van der Waals surface area contributed by atoms with Crippen LogP contribution in [0.25, 0.3) is 0 Å². The Bertz CT molecular complexity index is 362. The number of nitrogens with one attached hydrogen (secondary N) is 1. The van der Waals surface area contributed by atoms with Crippen LogP contribution in [0, 0.1) is 5.92 Å². The normalized spacial score (nSPS) is 22.0. The van der Waals surface area contributed by atoms with Crippen LogP contribution in [0.1, 0.15) is 18.4 Å². The van der Waals surface area contributed by atoms with Crippen LogP contribution in [-0.4, -0.2) is 18.2 Å². The SMILES string of the molecule is Oc1cccc(C(F)(F)C2CCCNC2)c1. The van der Waals surface area contributed by atoms with Crippen molar-refractivity contribution in [3.63, 3.8) is 0 Å². The van der Waals surface area contributed by atoms with Gasteiger partial charge in [-0.2, -0.15) is 0 Å². The van der Waals surface area contributed by atoms with Crippen LogP contribution in [0.3, 0.4) is 0 Å². The molecule has 0 bridgehead atoms. The number of aromatic hydroxyl groups is 1. The Hall–Kier alpha value is -1.16. The Balaban J connectivity index is 2.22. The molecule has 0 saturated carbocycles. The molecule has 1 aromatic rings. The second-order valence-corrected chi connectivity index (χ2v) is 4.22. The van der Waals surface area contributed by atoms with Crippen molar-refractivity contribution in [1.82, 2.24) is 5.32 Å². The molecular weight excluding hydrogens is 212 g/mol. The third-order valence-electron chi connectivity index (χ3n) is 3.04. The van der Waals surface area contributed by atoms with E-state index in [4.69, 9.17) is 0 Å². The molecule has 1 saturated heterocycles. The van der Waals surface area contributed by atoms with E-state index in [0.717, 1.165) is 19.0 Å². The maximum absolute atomic E-state index is 14.1. The Morgan fingerprint density at radius 1 is 1.38 bits per heavy atom. The third kappa shape index (κ3) is 2.16. The monoisotopic (exact) mass is 227 g/mol. The van der Waals surface area contributed by atoms with E-state index in [-0.39, 0.29) is 11.3 Å². The minimum absolute atomic E-state index is 0.0961. The van der Waals surface area contributed by atoms with Gasteiger partial charge >= 0.3 is 0 Å². The highest BCUT2D eigenvalue weighted by Gasteiger charge is 2.41. The predicted octanol–water partition coefficient (Wildman–Crippen LogP) is 2.48. The van der Waals surface area contributed by atoms with Gasteiger partial charge in [-0.1, -0.05) is 12.1 Å². The zero-order valence-electron chi connectivity index (χ0n) is 8.92. The lowest BCUT2D eigenvalue weighted by atomic mass is 9.88. The average molecular weight is 227 g/mol. The van der Waals surface area contributed by atoms with Crippen molar-refractivity contribution in [2.45, 2.75) is 18.8 Å². The number of hydrogen-bond donors (Lipinski definition) is 2. The van der Waals surface area contributed by atoms with Crippen LogP contribution in [0.4, 0.5) is 8.78 Å². The molecular formula is C12H15F2NO. The second kappa shape index (κ2) is 4.37. The van der Waals surface area contributed by atoms with E-state index in [1.54, 1.807) is 0 Å². The highest BCUT2D eigenvalue weighted by molar-refractivity contribution is 5.30. The standard InChI is InChI=1S/C12H15F2NO/c13-12(14,10-4-2-6-15-8-10)9-3-1-5-11(16)7-9/h1,3,5,7,10,15-16H,2,4,6,8H2. The van der Waals surface area contributed by atoms with Crippen molar-refractivity contribution in [2.24, 2.45) is 5.92 Å². The molecule has 1 aliphatic rings. The van der Waals surface area contributed by atoms with Gasteiger partial charge in [0.25, 0.3) is 5.92 Å². The summed E-state index contributed by atoms with van der Waals surface area (Å²) in [5, 5.41) is 12.2. The lowest BCUT2D eigenvalue weighted by molar-refractivity contribution is -0.0726. The molecule has 1 aromatic carbocycles. The van der Waals surface area contributed by atoms with Gasteiger partial charge in [0.1, 0.15) is 5.75 Å². The molecule has 1 aliphatic heterocycles. The van der Waals surface area contributed by atoms with Gasteiger partial charge in [-0.15, -0.1) is 0 Å². The second-order valence-electron chi connectivity index (χ2n) is 4.22. The van der Waals surface area contributed by atoms with Crippen molar-refractivity contribution < 1.29 is 13.9 Å². The number of benzene rings is 1. The van der Waals surface area contributed by atoms with Crippen molar-refractivity contribution >= 4 is 0 Å². The Morgan fingerprint density at radius 2 is 2.19 bits per heavy atom. The zero-order valence-corrected chi connectivity index (χ0v) is 8.92. The number of alkyl halides is 2. The molecule has 0 spiro atoms. The maximum Gasteiger partial charge on any atom is 0.277 e. The molecule has 1 heterocycles. The van der Waals surface area contributed by atoms with Gasteiger partial charge in [0.2, 0.25) is 0 Å². The molecule has 2 nitrogen and oxygen atoms in total. The third-order valence-corrected chi connectivity index (χ3v) is 3.04. The molecule has 4 heteroatoms. The van der Waals surface area contributed by atoms with E-state index in [1.165, 1.54) is 18.2 Å². The summed E-state index contributed by atoms with van der Waals surface area (Å²) < 4.78 is 28.1. The quantitative estimate of drug-likeness (QED) is 0.813. The molecule has 16 heavy (non-hydrogen) atoms. The summed E-state index contributed by atoms with van der Waals surface area (Å²) >= 11 is 0. The molecule has 2 rings (SSSR count). The van der Waals surface area contributed by atoms with Crippen LogP contribution in [0.5, 0.6) is 5.75 Å². The summed E-state index contributed by atoms with van der Waals surface area (Å²) in [6, 6.07) is 5.37. The fourth-order valence-corrected chi connectivity index (χ4v) is 2.11. The predicted molar refractivity (Wildman–Crippen MR) is 57.6 cm³/mol. The Labute approximate surface area is 93.3 Å². The highest BCUT2D eigenvalue weighted by Crippen LogP contribution is 2.39. The molecule has 2 N–H and O–H groups in total. The van der Waals surface area contributed by atoms with Crippen LogP contribution < -0.4 is 5.32 Å².